The molecule has 0 N–H and O–H groups in total. The molecule has 0 saturated heterocycles. The molecule has 0 aliphatic carbocycles. The van der Waals surface area contributed by atoms with E-state index in [1.54, 1.807) is 0 Å². The molecule has 1 aromatic rings. The Labute approximate surface area is 80.9 Å². The molecule has 0 aliphatic rings. The Morgan fingerprint density at radius 2 is 2.33 bits per heavy atom. The van der Waals surface area contributed by atoms with Gasteiger partial charge in [-0.05, 0) is 34.5 Å². The van der Waals surface area contributed by atoms with E-state index < -0.39 is 0 Å². The van der Waals surface area contributed by atoms with Gasteiger partial charge in [-0.2, -0.15) is 0 Å². The van der Waals surface area contributed by atoms with Crippen molar-refractivity contribution in [3.63, 3.8) is 0 Å². The molecule has 0 fully saturated rings. The number of benzene rings is 1. The number of ether oxygens (including phenoxy) is 1. The van der Waals surface area contributed by atoms with Crippen LogP contribution >= 0.6 is 15.9 Å². The van der Waals surface area contributed by atoms with E-state index in [9.17, 15) is 0 Å². The van der Waals surface area contributed by atoms with E-state index in [0.717, 1.165) is 15.8 Å². The Morgan fingerprint density at radius 1 is 1.58 bits per heavy atom. The second-order valence-corrected chi connectivity index (χ2v) is 3.17. The van der Waals surface area contributed by atoms with Crippen LogP contribution in [-0.2, 0) is 0 Å². The van der Waals surface area contributed by atoms with E-state index in [0.29, 0.717) is 6.61 Å². The molecule has 2 heteroatoms. The largest absolute Gasteiger partial charge is 0.480 e. The molecule has 12 heavy (non-hydrogen) atoms. The minimum Gasteiger partial charge on any atom is -0.480 e. The zero-order valence-electron chi connectivity index (χ0n) is 6.80. The maximum Gasteiger partial charge on any atom is 0.148 e. The van der Waals surface area contributed by atoms with E-state index in [1.165, 1.54) is 0 Å². The SMILES string of the molecule is C#CCOc1cccc(C)c1Br. The first-order valence-corrected chi connectivity index (χ1v) is 4.36. The van der Waals surface area contributed by atoms with Gasteiger partial charge in [0.15, 0.2) is 0 Å². The lowest BCUT2D eigenvalue weighted by atomic mass is 10.2. The van der Waals surface area contributed by atoms with Crippen LogP contribution in [0.15, 0.2) is 22.7 Å². The highest BCUT2D eigenvalue weighted by Crippen LogP contribution is 2.27. The molecule has 1 aromatic carbocycles. The molecule has 0 spiro atoms. The fraction of sp³-hybridized carbons (Fsp3) is 0.200. The Kier molecular flexibility index (Phi) is 3.19. The van der Waals surface area contributed by atoms with E-state index in [-0.39, 0.29) is 0 Å². The average Bonchev–Trinajstić information content (AvgIpc) is 2.08. The molecule has 0 aromatic heterocycles. The highest BCUT2D eigenvalue weighted by molar-refractivity contribution is 9.10. The molecular weight excluding hydrogens is 216 g/mol. The third-order valence-electron chi connectivity index (χ3n) is 1.47. The van der Waals surface area contributed by atoms with Gasteiger partial charge in [0.1, 0.15) is 12.4 Å². The van der Waals surface area contributed by atoms with Gasteiger partial charge in [0.25, 0.3) is 0 Å². The van der Waals surface area contributed by atoms with Crippen molar-refractivity contribution < 1.29 is 4.74 Å². The van der Waals surface area contributed by atoms with E-state index in [2.05, 4.69) is 21.9 Å². The van der Waals surface area contributed by atoms with Crippen molar-refractivity contribution in [2.24, 2.45) is 0 Å². The molecule has 1 nitrogen and oxygen atoms in total. The summed E-state index contributed by atoms with van der Waals surface area (Å²) < 4.78 is 6.26. The zero-order chi connectivity index (χ0) is 8.97. The van der Waals surface area contributed by atoms with Crippen molar-refractivity contribution in [3.8, 4) is 18.1 Å². The highest BCUT2D eigenvalue weighted by atomic mass is 79.9. The molecule has 0 unspecified atom stereocenters. The quantitative estimate of drug-likeness (QED) is 0.703. The van der Waals surface area contributed by atoms with Crippen LogP contribution < -0.4 is 4.74 Å². The Hall–Kier alpha value is -0.940. The fourth-order valence-corrected chi connectivity index (χ4v) is 1.23. The average molecular weight is 225 g/mol. The lowest BCUT2D eigenvalue weighted by molar-refractivity contribution is 0.368. The monoisotopic (exact) mass is 224 g/mol. The molecule has 0 heterocycles. The van der Waals surface area contributed by atoms with Gasteiger partial charge in [0.2, 0.25) is 0 Å². The summed E-state index contributed by atoms with van der Waals surface area (Å²) in [5.74, 6) is 3.22. The fourth-order valence-electron chi connectivity index (χ4n) is 0.851. The van der Waals surface area contributed by atoms with Crippen molar-refractivity contribution in [2.75, 3.05) is 6.61 Å². The van der Waals surface area contributed by atoms with E-state index in [1.807, 2.05) is 25.1 Å². The smallest absolute Gasteiger partial charge is 0.148 e. The van der Waals surface area contributed by atoms with Crippen LogP contribution in [-0.4, -0.2) is 6.61 Å². The van der Waals surface area contributed by atoms with Crippen molar-refractivity contribution >= 4 is 15.9 Å². The first-order chi connectivity index (χ1) is 5.75. The predicted molar refractivity (Wildman–Crippen MR) is 53.2 cm³/mol. The van der Waals surface area contributed by atoms with Crippen LogP contribution in [0.5, 0.6) is 5.75 Å². The van der Waals surface area contributed by atoms with Crippen molar-refractivity contribution in [2.45, 2.75) is 6.92 Å². The van der Waals surface area contributed by atoms with Crippen molar-refractivity contribution in [1.29, 1.82) is 0 Å². The Balaban J connectivity index is 2.86. The van der Waals surface area contributed by atoms with Crippen LogP contribution in [0.3, 0.4) is 0 Å². The van der Waals surface area contributed by atoms with Crippen LogP contribution in [0.1, 0.15) is 5.56 Å². The second-order valence-electron chi connectivity index (χ2n) is 2.38. The molecule has 0 amide bonds. The van der Waals surface area contributed by atoms with Gasteiger partial charge in [-0.3, -0.25) is 0 Å². The predicted octanol–water partition coefficient (Wildman–Crippen LogP) is 2.77. The van der Waals surface area contributed by atoms with E-state index >= 15 is 0 Å². The lowest BCUT2D eigenvalue weighted by Gasteiger charge is -2.06. The van der Waals surface area contributed by atoms with Crippen molar-refractivity contribution in [3.05, 3.63) is 28.2 Å². The summed E-state index contributed by atoms with van der Waals surface area (Å²) in [6.45, 7) is 2.31. The van der Waals surface area contributed by atoms with Crippen LogP contribution in [0.25, 0.3) is 0 Å². The van der Waals surface area contributed by atoms with Crippen LogP contribution in [0, 0.1) is 19.3 Å². The number of terminal acetylenes is 1. The molecule has 62 valence electrons. The molecule has 0 atom stereocenters. The number of hydrogen-bond donors (Lipinski definition) is 0. The summed E-state index contributed by atoms with van der Waals surface area (Å²) in [7, 11) is 0. The number of halogens is 1. The van der Waals surface area contributed by atoms with Gasteiger partial charge in [0, 0.05) is 0 Å². The van der Waals surface area contributed by atoms with Gasteiger partial charge in [0.05, 0.1) is 4.47 Å². The molecule has 0 radical (unpaired) electrons. The standard InChI is InChI=1S/C10H9BrO/c1-3-7-12-9-6-4-5-8(2)10(9)11/h1,4-6H,7H2,2H3. The summed E-state index contributed by atoms with van der Waals surface area (Å²) in [6.07, 6.45) is 5.07. The molecule has 0 saturated carbocycles. The zero-order valence-corrected chi connectivity index (χ0v) is 8.39. The second kappa shape index (κ2) is 4.18. The van der Waals surface area contributed by atoms with Crippen LogP contribution in [0.2, 0.25) is 0 Å². The summed E-state index contributed by atoms with van der Waals surface area (Å²) in [6, 6.07) is 5.83. The molecular formula is C10H9BrO. The minimum absolute atomic E-state index is 0.308. The first-order valence-electron chi connectivity index (χ1n) is 3.57. The Morgan fingerprint density at radius 3 is 3.00 bits per heavy atom. The molecule has 1 rings (SSSR count). The maximum atomic E-state index is 5.28. The lowest BCUT2D eigenvalue weighted by Crippen LogP contribution is -1.94. The summed E-state index contributed by atoms with van der Waals surface area (Å²) >= 11 is 3.42. The van der Waals surface area contributed by atoms with Crippen LogP contribution in [0.4, 0.5) is 0 Å². The molecule has 0 aliphatic heterocycles. The van der Waals surface area contributed by atoms with Gasteiger partial charge in [-0.15, -0.1) is 6.42 Å². The normalized spacial score (nSPS) is 9.08. The van der Waals surface area contributed by atoms with Gasteiger partial charge in [-0.1, -0.05) is 18.1 Å². The summed E-state index contributed by atoms with van der Waals surface area (Å²) in [4.78, 5) is 0. The number of aryl methyl sites for hydroxylation is 1. The summed E-state index contributed by atoms with van der Waals surface area (Å²) in [5, 5.41) is 0. The van der Waals surface area contributed by atoms with Gasteiger partial charge in [-0.25, -0.2) is 0 Å². The Bertz CT molecular complexity index is 312. The third-order valence-corrected chi connectivity index (χ3v) is 2.48. The maximum absolute atomic E-state index is 5.28. The first kappa shape index (κ1) is 9.15. The minimum atomic E-state index is 0.308. The van der Waals surface area contributed by atoms with Gasteiger partial charge < -0.3 is 4.74 Å². The highest BCUT2D eigenvalue weighted by Gasteiger charge is 2.01. The molecule has 0 bridgehead atoms. The topological polar surface area (TPSA) is 9.23 Å². The van der Waals surface area contributed by atoms with Gasteiger partial charge >= 0.3 is 0 Å². The number of rotatable bonds is 2. The van der Waals surface area contributed by atoms with Crippen molar-refractivity contribution in [1.82, 2.24) is 0 Å². The third kappa shape index (κ3) is 2.02. The van der Waals surface area contributed by atoms with E-state index in [4.69, 9.17) is 11.2 Å². The number of hydrogen-bond acceptors (Lipinski definition) is 1. The summed E-state index contributed by atoms with van der Waals surface area (Å²) in [5.41, 5.74) is 1.14.